The summed E-state index contributed by atoms with van der Waals surface area (Å²) in [4.78, 5) is 23.3. The van der Waals surface area contributed by atoms with Crippen LogP contribution in [0.4, 0.5) is 22.4 Å². The fourth-order valence-corrected chi connectivity index (χ4v) is 2.62. The van der Waals surface area contributed by atoms with Crippen molar-refractivity contribution >= 4 is 12.1 Å². The number of carbonyl (C=O) groups is 2. The minimum atomic E-state index is -4.57. The average Bonchev–Trinajstić information content (AvgIpc) is 2.56. The standard InChI is InChI=1S/C17H19F4NO4/c1-10-2-3-11(8-14(10)18)15(23)26-13-6-4-12(5-7-13)22-16(24)25-9-17(19,20)21/h2-3,8,12-13H,4-7,9H2,1H3,(H,22,24). The summed E-state index contributed by atoms with van der Waals surface area (Å²) in [6.45, 7) is -0.0582. The Labute approximate surface area is 147 Å². The number of alkyl carbamates (subject to hydrolysis) is 1. The summed E-state index contributed by atoms with van der Waals surface area (Å²) in [5.41, 5.74) is 0.537. The first-order valence-corrected chi connectivity index (χ1v) is 8.11. The lowest BCUT2D eigenvalue weighted by molar-refractivity contribution is -0.160. The van der Waals surface area contributed by atoms with E-state index in [0.29, 0.717) is 31.2 Å². The SMILES string of the molecule is Cc1ccc(C(=O)OC2CCC(NC(=O)OCC(F)(F)F)CC2)cc1F. The number of alkyl halides is 3. The highest BCUT2D eigenvalue weighted by Gasteiger charge is 2.31. The molecule has 0 aliphatic heterocycles. The van der Waals surface area contributed by atoms with Crippen molar-refractivity contribution in [3.8, 4) is 0 Å². The molecule has 0 unspecified atom stereocenters. The zero-order valence-electron chi connectivity index (χ0n) is 14.1. The average molecular weight is 377 g/mol. The van der Waals surface area contributed by atoms with E-state index in [1.165, 1.54) is 12.1 Å². The number of ether oxygens (including phenoxy) is 2. The van der Waals surface area contributed by atoms with Crippen molar-refractivity contribution in [2.24, 2.45) is 0 Å². The Balaban J connectivity index is 1.75. The molecule has 0 radical (unpaired) electrons. The van der Waals surface area contributed by atoms with E-state index in [1.54, 1.807) is 6.92 Å². The second-order valence-electron chi connectivity index (χ2n) is 6.18. The van der Waals surface area contributed by atoms with Crippen LogP contribution in [0.2, 0.25) is 0 Å². The molecule has 2 rings (SSSR count). The predicted octanol–water partition coefficient (Wildman–Crippen LogP) is 3.89. The molecule has 0 aromatic heterocycles. The summed E-state index contributed by atoms with van der Waals surface area (Å²) in [6, 6.07) is 3.73. The fourth-order valence-electron chi connectivity index (χ4n) is 2.62. The number of aryl methyl sites for hydroxylation is 1. The largest absolute Gasteiger partial charge is 0.459 e. The van der Waals surface area contributed by atoms with Crippen molar-refractivity contribution in [2.75, 3.05) is 6.61 Å². The van der Waals surface area contributed by atoms with Crippen LogP contribution < -0.4 is 5.32 Å². The van der Waals surface area contributed by atoms with Gasteiger partial charge >= 0.3 is 18.2 Å². The fraction of sp³-hybridized carbons (Fsp3) is 0.529. The molecule has 144 valence electrons. The van der Waals surface area contributed by atoms with Crippen molar-refractivity contribution in [2.45, 2.75) is 50.9 Å². The number of nitrogens with one attached hydrogen (secondary N) is 1. The molecule has 0 atom stereocenters. The van der Waals surface area contributed by atoms with Gasteiger partial charge < -0.3 is 14.8 Å². The summed E-state index contributed by atoms with van der Waals surface area (Å²) in [7, 11) is 0. The zero-order valence-corrected chi connectivity index (χ0v) is 14.1. The molecule has 1 saturated carbocycles. The van der Waals surface area contributed by atoms with Crippen LogP contribution in [0.1, 0.15) is 41.6 Å². The van der Waals surface area contributed by atoms with Gasteiger partial charge in [0.2, 0.25) is 0 Å². The number of hydrogen-bond acceptors (Lipinski definition) is 4. The van der Waals surface area contributed by atoms with Gasteiger partial charge in [0.1, 0.15) is 11.9 Å². The summed E-state index contributed by atoms with van der Waals surface area (Å²) in [6.07, 6.45) is -4.36. The normalized spacial score (nSPS) is 20.3. The van der Waals surface area contributed by atoms with E-state index >= 15 is 0 Å². The van der Waals surface area contributed by atoms with Gasteiger partial charge in [-0.2, -0.15) is 13.2 Å². The van der Waals surface area contributed by atoms with Gasteiger partial charge in [0.25, 0.3) is 0 Å². The maximum Gasteiger partial charge on any atom is 0.422 e. The van der Waals surface area contributed by atoms with E-state index in [-0.39, 0.29) is 11.6 Å². The third-order valence-corrected chi connectivity index (χ3v) is 4.04. The number of hydrogen-bond donors (Lipinski definition) is 1. The van der Waals surface area contributed by atoms with Gasteiger partial charge in [-0.1, -0.05) is 6.07 Å². The Morgan fingerprint density at radius 2 is 1.85 bits per heavy atom. The smallest absolute Gasteiger partial charge is 0.422 e. The van der Waals surface area contributed by atoms with Gasteiger partial charge in [0, 0.05) is 6.04 Å². The number of amides is 1. The third-order valence-electron chi connectivity index (χ3n) is 4.04. The molecule has 0 bridgehead atoms. The molecular weight excluding hydrogens is 358 g/mol. The highest BCUT2D eigenvalue weighted by Crippen LogP contribution is 2.23. The number of carbonyl (C=O) groups excluding carboxylic acids is 2. The van der Waals surface area contributed by atoms with Crippen molar-refractivity contribution in [3.63, 3.8) is 0 Å². The van der Waals surface area contributed by atoms with Gasteiger partial charge in [-0.15, -0.1) is 0 Å². The molecule has 0 saturated heterocycles. The van der Waals surface area contributed by atoms with E-state index in [1.807, 2.05) is 0 Å². The predicted molar refractivity (Wildman–Crippen MR) is 83.1 cm³/mol. The van der Waals surface area contributed by atoms with Crippen molar-refractivity contribution < 1.29 is 36.6 Å². The van der Waals surface area contributed by atoms with E-state index < -0.39 is 36.8 Å². The second kappa shape index (κ2) is 8.37. The summed E-state index contributed by atoms with van der Waals surface area (Å²) in [5.74, 6) is -1.13. The lowest BCUT2D eigenvalue weighted by Gasteiger charge is -2.28. The monoisotopic (exact) mass is 377 g/mol. The quantitative estimate of drug-likeness (QED) is 0.639. The molecule has 1 aromatic rings. The first kappa shape index (κ1) is 20.0. The second-order valence-corrected chi connectivity index (χ2v) is 6.18. The molecule has 1 aromatic carbocycles. The Kier molecular flexibility index (Phi) is 6.44. The maximum absolute atomic E-state index is 13.5. The molecule has 0 heterocycles. The van der Waals surface area contributed by atoms with Gasteiger partial charge in [0.05, 0.1) is 5.56 Å². The van der Waals surface area contributed by atoms with Gasteiger partial charge in [-0.05, 0) is 50.3 Å². The minimum Gasteiger partial charge on any atom is -0.459 e. The zero-order chi connectivity index (χ0) is 19.3. The summed E-state index contributed by atoms with van der Waals surface area (Å²) < 4.78 is 58.8. The van der Waals surface area contributed by atoms with E-state index in [2.05, 4.69) is 10.1 Å². The van der Waals surface area contributed by atoms with Gasteiger partial charge in [-0.3, -0.25) is 0 Å². The van der Waals surface area contributed by atoms with Crippen LogP contribution in [-0.4, -0.2) is 37.0 Å². The molecule has 5 nitrogen and oxygen atoms in total. The van der Waals surface area contributed by atoms with Gasteiger partial charge in [0.15, 0.2) is 6.61 Å². The van der Waals surface area contributed by atoms with E-state index in [0.717, 1.165) is 6.07 Å². The van der Waals surface area contributed by atoms with E-state index in [9.17, 15) is 27.2 Å². The maximum atomic E-state index is 13.5. The molecule has 9 heteroatoms. The lowest BCUT2D eigenvalue weighted by Crippen LogP contribution is -2.40. The van der Waals surface area contributed by atoms with Crippen LogP contribution in [0, 0.1) is 12.7 Å². The summed E-state index contributed by atoms with van der Waals surface area (Å²) in [5, 5.41) is 2.36. The molecule has 26 heavy (non-hydrogen) atoms. The number of halogens is 4. The Hall–Kier alpha value is -2.32. The van der Waals surface area contributed by atoms with Crippen LogP contribution in [-0.2, 0) is 9.47 Å². The van der Waals surface area contributed by atoms with Crippen LogP contribution in [0.15, 0.2) is 18.2 Å². The van der Waals surface area contributed by atoms with Crippen LogP contribution >= 0.6 is 0 Å². The van der Waals surface area contributed by atoms with Gasteiger partial charge in [-0.25, -0.2) is 14.0 Å². The first-order valence-electron chi connectivity index (χ1n) is 8.11. The molecule has 1 amide bonds. The number of esters is 1. The van der Waals surface area contributed by atoms with Crippen molar-refractivity contribution in [1.82, 2.24) is 5.32 Å². The van der Waals surface area contributed by atoms with Crippen LogP contribution in [0.3, 0.4) is 0 Å². The molecule has 1 aliphatic carbocycles. The first-order chi connectivity index (χ1) is 12.1. The van der Waals surface area contributed by atoms with Crippen molar-refractivity contribution in [3.05, 3.63) is 35.1 Å². The van der Waals surface area contributed by atoms with Crippen LogP contribution in [0.5, 0.6) is 0 Å². The molecule has 1 N–H and O–H groups in total. The van der Waals surface area contributed by atoms with Crippen molar-refractivity contribution in [1.29, 1.82) is 0 Å². The summed E-state index contributed by atoms with van der Waals surface area (Å²) >= 11 is 0. The van der Waals surface area contributed by atoms with Crippen LogP contribution in [0.25, 0.3) is 0 Å². The molecule has 1 aliphatic rings. The Bertz CT molecular complexity index is 655. The minimum absolute atomic E-state index is 0.115. The highest BCUT2D eigenvalue weighted by molar-refractivity contribution is 5.89. The third kappa shape index (κ3) is 6.20. The van der Waals surface area contributed by atoms with E-state index in [4.69, 9.17) is 4.74 Å². The highest BCUT2D eigenvalue weighted by atomic mass is 19.4. The molecule has 1 fully saturated rings. The molecular formula is C17H19F4NO4. The topological polar surface area (TPSA) is 64.6 Å². The molecule has 0 spiro atoms. The Morgan fingerprint density at radius 1 is 1.19 bits per heavy atom. The number of rotatable bonds is 4. The lowest BCUT2D eigenvalue weighted by atomic mass is 9.93. The Morgan fingerprint density at radius 3 is 2.42 bits per heavy atom. The number of benzene rings is 1.